The molecule has 0 aromatic rings. The van der Waals surface area contributed by atoms with E-state index in [2.05, 4.69) is 93.7 Å². The minimum atomic E-state index is -4.77. The van der Waals surface area contributed by atoms with Crippen LogP contribution in [0, 0.1) is 0 Å². The molecular weight excluding hydrogens is 928 g/mol. The van der Waals surface area contributed by atoms with E-state index in [-0.39, 0.29) is 25.9 Å². The molecular formula is C60H103O11P. The van der Waals surface area contributed by atoms with Gasteiger partial charge in [-0.25, -0.2) is 4.57 Å². The van der Waals surface area contributed by atoms with Gasteiger partial charge in [0.1, 0.15) is 12.7 Å². The second kappa shape index (κ2) is 53.9. The molecule has 12 heteroatoms. The largest absolute Gasteiger partial charge is 0.472 e. The van der Waals surface area contributed by atoms with Gasteiger partial charge in [-0.3, -0.25) is 23.4 Å². The zero-order valence-corrected chi connectivity index (χ0v) is 46.5. The number of phosphoric ester groups is 1. The maximum atomic E-state index is 12.9. The Morgan fingerprint density at radius 1 is 0.403 bits per heavy atom. The van der Waals surface area contributed by atoms with Crippen LogP contribution in [0.4, 0.5) is 0 Å². The van der Waals surface area contributed by atoms with Crippen LogP contribution in [0.3, 0.4) is 0 Å². The molecule has 0 saturated heterocycles. The number of aliphatic hydroxyl groups is 1. The third-order valence-corrected chi connectivity index (χ3v) is 12.8. The highest BCUT2D eigenvalue weighted by Crippen LogP contribution is 2.43. The summed E-state index contributed by atoms with van der Waals surface area (Å²) in [5.41, 5.74) is 0. The number of carbonyl (C=O) groups is 3. The van der Waals surface area contributed by atoms with Gasteiger partial charge in [0, 0.05) is 19.3 Å². The molecule has 0 aromatic heterocycles. The summed E-state index contributed by atoms with van der Waals surface area (Å²) in [4.78, 5) is 48.4. The lowest BCUT2D eigenvalue weighted by Crippen LogP contribution is -2.30. The highest BCUT2D eigenvalue weighted by Gasteiger charge is 2.28. The van der Waals surface area contributed by atoms with Gasteiger partial charge in [-0.2, -0.15) is 0 Å². The first kappa shape index (κ1) is 68.7. The number of ether oxygens (including phenoxy) is 3. The van der Waals surface area contributed by atoms with E-state index in [4.69, 9.17) is 23.3 Å². The van der Waals surface area contributed by atoms with Crippen molar-refractivity contribution in [1.29, 1.82) is 0 Å². The molecule has 0 bridgehead atoms. The Kier molecular flexibility index (Phi) is 51.4. The summed E-state index contributed by atoms with van der Waals surface area (Å²) in [5.74, 6) is -1.59. The molecule has 11 nitrogen and oxygen atoms in total. The predicted molar refractivity (Wildman–Crippen MR) is 298 cm³/mol. The number of phosphoric acid groups is 1. The van der Waals surface area contributed by atoms with Gasteiger partial charge in [0.25, 0.3) is 0 Å². The molecule has 3 atom stereocenters. The Balaban J connectivity index is 4.76. The fourth-order valence-electron chi connectivity index (χ4n) is 7.56. The zero-order chi connectivity index (χ0) is 52.7. The molecule has 2 N–H and O–H groups in total. The quantitative estimate of drug-likeness (QED) is 0.0197. The molecule has 0 saturated carbocycles. The normalized spacial score (nSPS) is 14.0. The molecule has 0 aliphatic carbocycles. The van der Waals surface area contributed by atoms with Crippen molar-refractivity contribution in [2.24, 2.45) is 0 Å². The van der Waals surface area contributed by atoms with Crippen molar-refractivity contribution in [2.75, 3.05) is 26.4 Å². The summed E-state index contributed by atoms with van der Waals surface area (Å²) in [6.45, 7) is 4.31. The second-order valence-electron chi connectivity index (χ2n) is 18.7. The Morgan fingerprint density at radius 3 is 1.19 bits per heavy atom. The molecule has 0 aliphatic heterocycles. The smallest absolute Gasteiger partial charge is 0.462 e. The maximum Gasteiger partial charge on any atom is 0.472 e. The van der Waals surface area contributed by atoms with E-state index in [1.54, 1.807) is 0 Å². The van der Waals surface area contributed by atoms with Gasteiger partial charge >= 0.3 is 25.7 Å². The van der Waals surface area contributed by atoms with Gasteiger partial charge in [-0.1, -0.05) is 228 Å². The van der Waals surface area contributed by atoms with Crippen LogP contribution in [0.15, 0.2) is 85.1 Å². The van der Waals surface area contributed by atoms with E-state index in [1.165, 1.54) is 96.3 Å². The summed E-state index contributed by atoms with van der Waals surface area (Å²) < 4.78 is 39.3. The molecule has 414 valence electrons. The van der Waals surface area contributed by atoms with Crippen LogP contribution in [0.2, 0.25) is 0 Å². The minimum absolute atomic E-state index is 0.0430. The van der Waals surface area contributed by atoms with Crippen molar-refractivity contribution < 1.29 is 52.2 Å². The molecule has 0 radical (unpaired) electrons. The number of unbranched alkanes of at least 4 members (excludes halogenated alkanes) is 21. The van der Waals surface area contributed by atoms with Gasteiger partial charge in [-0.05, 0) is 77.0 Å². The number of rotatable bonds is 52. The van der Waals surface area contributed by atoms with E-state index in [0.717, 1.165) is 83.5 Å². The SMILES string of the molecule is CC/C=C\C/C=C\C/C=C\C/C=C\CCC(=O)OC(COC(=O)CCCCCCCCCCCCCCCCCCCCC)COP(=O)(O)OCC(CO)OC(=O)CCCCC/C=C\C/C=C\C/C=C\CC. The minimum Gasteiger partial charge on any atom is -0.462 e. The highest BCUT2D eigenvalue weighted by molar-refractivity contribution is 7.47. The first-order valence-electron chi connectivity index (χ1n) is 28.5. The van der Waals surface area contributed by atoms with Crippen molar-refractivity contribution >= 4 is 25.7 Å². The lowest BCUT2D eigenvalue weighted by molar-refractivity contribution is -0.161. The second-order valence-corrected chi connectivity index (χ2v) is 20.1. The molecule has 72 heavy (non-hydrogen) atoms. The number of hydrogen-bond acceptors (Lipinski definition) is 10. The summed E-state index contributed by atoms with van der Waals surface area (Å²) in [7, 11) is -4.77. The molecule has 0 amide bonds. The van der Waals surface area contributed by atoms with Gasteiger partial charge in [0.15, 0.2) is 6.10 Å². The van der Waals surface area contributed by atoms with Crippen molar-refractivity contribution in [1.82, 2.24) is 0 Å². The van der Waals surface area contributed by atoms with Crippen LogP contribution in [-0.2, 0) is 42.2 Å². The number of aliphatic hydroxyl groups excluding tert-OH is 1. The topological polar surface area (TPSA) is 155 Å². The van der Waals surface area contributed by atoms with Crippen LogP contribution in [-0.4, -0.2) is 66.5 Å². The van der Waals surface area contributed by atoms with Gasteiger partial charge in [0.2, 0.25) is 0 Å². The molecule has 0 aliphatic rings. The van der Waals surface area contributed by atoms with E-state index in [1.807, 2.05) is 12.2 Å². The van der Waals surface area contributed by atoms with Crippen LogP contribution < -0.4 is 0 Å². The fraction of sp³-hybridized carbons (Fsp3) is 0.717. The average molecular weight is 1030 g/mol. The Hall–Kier alpha value is -3.34. The van der Waals surface area contributed by atoms with Crippen molar-refractivity contribution in [3.05, 3.63) is 85.1 Å². The third-order valence-electron chi connectivity index (χ3n) is 11.8. The zero-order valence-electron chi connectivity index (χ0n) is 45.6. The van der Waals surface area contributed by atoms with Gasteiger partial charge in [-0.15, -0.1) is 0 Å². The first-order valence-corrected chi connectivity index (χ1v) is 30.0. The molecule has 0 fully saturated rings. The fourth-order valence-corrected chi connectivity index (χ4v) is 8.34. The number of hydrogen-bond donors (Lipinski definition) is 2. The summed E-state index contributed by atoms with van der Waals surface area (Å²) >= 11 is 0. The lowest BCUT2D eigenvalue weighted by atomic mass is 10.0. The Bertz CT molecular complexity index is 1530. The van der Waals surface area contributed by atoms with Gasteiger partial charge in [0.05, 0.1) is 19.8 Å². The monoisotopic (exact) mass is 1030 g/mol. The summed E-state index contributed by atoms with van der Waals surface area (Å²) in [5, 5.41) is 9.79. The van der Waals surface area contributed by atoms with E-state index >= 15 is 0 Å². The standard InChI is InChI=1S/C60H103O11P/c1-4-7-10-13-16-19-22-25-26-27-28-29-30-33-34-37-40-43-46-49-58(62)67-53-57(71-60(64)51-48-45-42-39-36-32-24-21-18-15-12-9-6-3)55-69-72(65,66)68-54-56(52-61)70-59(63)50-47-44-41-38-35-31-23-20-17-14-11-8-5-2/h8-9,11-12,17-18,20-21,31-32,35-36,42,45,56-57,61H,4-7,10,13-16,19,22-30,33-34,37-41,43-44,46-55H2,1-3H3,(H,65,66)/b11-8-,12-9-,20-17-,21-18-,35-31-,36-32-,45-42-. The average Bonchev–Trinajstić information content (AvgIpc) is 3.37. The molecule has 0 aromatic carbocycles. The summed E-state index contributed by atoms with van der Waals surface area (Å²) in [6, 6.07) is 0. The van der Waals surface area contributed by atoms with E-state index in [0.29, 0.717) is 19.3 Å². The number of esters is 3. The van der Waals surface area contributed by atoms with Crippen LogP contribution in [0.25, 0.3) is 0 Å². The maximum absolute atomic E-state index is 12.9. The predicted octanol–water partition coefficient (Wildman–Crippen LogP) is 16.7. The highest BCUT2D eigenvalue weighted by atomic mass is 31.2. The third kappa shape index (κ3) is 51.6. The molecule has 3 unspecified atom stereocenters. The molecule has 0 rings (SSSR count). The lowest BCUT2D eigenvalue weighted by Gasteiger charge is -2.21. The number of carbonyl (C=O) groups excluding carboxylic acids is 3. The van der Waals surface area contributed by atoms with Gasteiger partial charge < -0.3 is 24.2 Å². The van der Waals surface area contributed by atoms with Crippen LogP contribution >= 0.6 is 7.82 Å². The number of allylic oxidation sites excluding steroid dienone is 14. The van der Waals surface area contributed by atoms with E-state index < -0.39 is 57.8 Å². The Morgan fingerprint density at radius 2 is 0.750 bits per heavy atom. The summed E-state index contributed by atoms with van der Waals surface area (Å²) in [6.07, 6.45) is 61.5. The van der Waals surface area contributed by atoms with E-state index in [9.17, 15) is 28.9 Å². The molecule has 0 spiro atoms. The molecule has 0 heterocycles. The van der Waals surface area contributed by atoms with Crippen molar-refractivity contribution in [3.8, 4) is 0 Å². The van der Waals surface area contributed by atoms with Crippen molar-refractivity contribution in [2.45, 2.75) is 251 Å². The Labute approximate surface area is 439 Å². The first-order chi connectivity index (χ1) is 35.2. The van der Waals surface area contributed by atoms with Crippen LogP contribution in [0.1, 0.15) is 239 Å². The van der Waals surface area contributed by atoms with Crippen molar-refractivity contribution in [3.63, 3.8) is 0 Å². The van der Waals surface area contributed by atoms with Crippen LogP contribution in [0.5, 0.6) is 0 Å².